The standard InChI is InChI=1S/C12H12Cl2N4S/c13-8-2-1-3-9(14)10(8)19-12-17-6-7-18(12)11-15-4-5-16-11/h1-3H,4-7H2,(H,15,16). The Balaban J connectivity index is 1.82. The van der Waals surface area contributed by atoms with E-state index in [0.29, 0.717) is 10.0 Å². The molecule has 2 aliphatic heterocycles. The third-order valence-electron chi connectivity index (χ3n) is 2.83. The van der Waals surface area contributed by atoms with E-state index in [-0.39, 0.29) is 0 Å². The van der Waals surface area contributed by atoms with Crippen LogP contribution in [0.3, 0.4) is 0 Å². The fourth-order valence-electron chi connectivity index (χ4n) is 1.95. The van der Waals surface area contributed by atoms with Crippen LogP contribution in [0.15, 0.2) is 33.1 Å². The van der Waals surface area contributed by atoms with Crippen LogP contribution < -0.4 is 5.32 Å². The predicted molar refractivity (Wildman–Crippen MR) is 81.6 cm³/mol. The van der Waals surface area contributed by atoms with Gasteiger partial charge in [0.25, 0.3) is 0 Å². The molecule has 0 aliphatic carbocycles. The van der Waals surface area contributed by atoms with E-state index >= 15 is 0 Å². The number of guanidine groups is 1. The van der Waals surface area contributed by atoms with Crippen molar-refractivity contribution < 1.29 is 0 Å². The molecule has 2 heterocycles. The van der Waals surface area contributed by atoms with E-state index in [1.807, 2.05) is 18.2 Å². The molecule has 2 aliphatic rings. The van der Waals surface area contributed by atoms with Crippen LogP contribution in [0, 0.1) is 0 Å². The summed E-state index contributed by atoms with van der Waals surface area (Å²) in [5, 5.41) is 5.44. The maximum Gasteiger partial charge on any atom is 0.200 e. The Kier molecular flexibility index (Phi) is 3.86. The van der Waals surface area contributed by atoms with Crippen molar-refractivity contribution in [1.82, 2.24) is 10.2 Å². The van der Waals surface area contributed by atoms with Crippen molar-refractivity contribution in [3.05, 3.63) is 28.2 Å². The molecule has 0 saturated heterocycles. The van der Waals surface area contributed by atoms with Crippen LogP contribution in [-0.4, -0.2) is 42.2 Å². The Morgan fingerprint density at radius 2 is 1.95 bits per heavy atom. The van der Waals surface area contributed by atoms with Crippen molar-refractivity contribution >= 4 is 46.1 Å². The van der Waals surface area contributed by atoms with E-state index in [1.54, 1.807) is 0 Å². The van der Waals surface area contributed by atoms with Crippen LogP contribution in [0.25, 0.3) is 0 Å². The van der Waals surface area contributed by atoms with Crippen molar-refractivity contribution in [3.63, 3.8) is 0 Å². The highest BCUT2D eigenvalue weighted by atomic mass is 35.5. The number of halogens is 2. The fraction of sp³-hybridized carbons (Fsp3) is 0.333. The predicted octanol–water partition coefficient (Wildman–Crippen LogP) is 2.72. The summed E-state index contributed by atoms with van der Waals surface area (Å²) in [6.07, 6.45) is 0. The number of nitrogens with zero attached hydrogens (tertiary/aromatic N) is 3. The van der Waals surface area contributed by atoms with Crippen LogP contribution >= 0.6 is 35.0 Å². The molecule has 0 unspecified atom stereocenters. The molecule has 3 rings (SSSR count). The van der Waals surface area contributed by atoms with Gasteiger partial charge in [0.05, 0.1) is 28.0 Å². The van der Waals surface area contributed by atoms with Gasteiger partial charge in [-0.2, -0.15) is 0 Å². The third-order valence-corrected chi connectivity index (χ3v) is 4.86. The molecular weight excluding hydrogens is 303 g/mol. The van der Waals surface area contributed by atoms with Gasteiger partial charge in [-0.1, -0.05) is 29.3 Å². The van der Waals surface area contributed by atoms with Crippen molar-refractivity contribution in [3.8, 4) is 0 Å². The van der Waals surface area contributed by atoms with E-state index in [2.05, 4.69) is 20.2 Å². The van der Waals surface area contributed by atoms with Crippen LogP contribution in [0.5, 0.6) is 0 Å². The highest BCUT2D eigenvalue weighted by Gasteiger charge is 2.25. The minimum absolute atomic E-state index is 0.647. The van der Waals surface area contributed by atoms with Gasteiger partial charge in [-0.15, -0.1) is 0 Å². The fourth-order valence-corrected chi connectivity index (χ4v) is 3.53. The first-order valence-electron chi connectivity index (χ1n) is 5.98. The lowest BCUT2D eigenvalue weighted by molar-refractivity contribution is 0.651. The Morgan fingerprint density at radius 3 is 2.63 bits per heavy atom. The number of thioether (sulfide) groups is 1. The summed E-state index contributed by atoms with van der Waals surface area (Å²) in [5.74, 6) is 0.895. The number of nitrogens with one attached hydrogen (secondary N) is 1. The summed E-state index contributed by atoms with van der Waals surface area (Å²) in [5.41, 5.74) is 0. The molecule has 0 radical (unpaired) electrons. The van der Waals surface area contributed by atoms with Gasteiger partial charge in [0.2, 0.25) is 0 Å². The van der Waals surface area contributed by atoms with Gasteiger partial charge < -0.3 is 5.32 Å². The van der Waals surface area contributed by atoms with Crippen molar-refractivity contribution in [2.75, 3.05) is 26.2 Å². The number of hydrogen-bond acceptors (Lipinski definition) is 5. The lowest BCUT2D eigenvalue weighted by Crippen LogP contribution is -2.39. The van der Waals surface area contributed by atoms with Crippen molar-refractivity contribution in [2.45, 2.75) is 4.90 Å². The van der Waals surface area contributed by atoms with Crippen molar-refractivity contribution in [1.29, 1.82) is 0 Å². The third kappa shape index (κ3) is 2.68. The van der Waals surface area contributed by atoms with Gasteiger partial charge in [-0.05, 0) is 23.9 Å². The van der Waals surface area contributed by atoms with E-state index in [4.69, 9.17) is 23.2 Å². The maximum absolute atomic E-state index is 6.19. The zero-order chi connectivity index (χ0) is 13.2. The Labute approximate surface area is 125 Å². The second kappa shape index (κ2) is 5.61. The van der Waals surface area contributed by atoms with Gasteiger partial charge in [-0.3, -0.25) is 14.9 Å². The van der Waals surface area contributed by atoms with E-state index in [0.717, 1.165) is 42.2 Å². The van der Waals surface area contributed by atoms with E-state index in [1.165, 1.54) is 11.8 Å². The van der Waals surface area contributed by atoms with E-state index in [9.17, 15) is 0 Å². The molecule has 0 amide bonds. The Bertz CT molecular complexity index is 538. The van der Waals surface area contributed by atoms with Crippen LogP contribution in [-0.2, 0) is 0 Å². The topological polar surface area (TPSA) is 40.0 Å². The molecule has 1 aromatic rings. The zero-order valence-corrected chi connectivity index (χ0v) is 12.4. The molecule has 0 bridgehead atoms. The zero-order valence-electron chi connectivity index (χ0n) is 10.1. The first-order chi connectivity index (χ1) is 9.25. The first-order valence-corrected chi connectivity index (χ1v) is 7.55. The molecule has 7 heteroatoms. The highest BCUT2D eigenvalue weighted by molar-refractivity contribution is 8.14. The smallest absolute Gasteiger partial charge is 0.200 e. The number of amidine groups is 1. The van der Waals surface area contributed by atoms with Crippen LogP contribution in [0.4, 0.5) is 0 Å². The van der Waals surface area contributed by atoms with Gasteiger partial charge in [0.15, 0.2) is 11.1 Å². The van der Waals surface area contributed by atoms with Gasteiger partial charge >= 0.3 is 0 Å². The molecule has 1 N–H and O–H groups in total. The molecule has 0 spiro atoms. The summed E-state index contributed by atoms with van der Waals surface area (Å²) in [6, 6.07) is 5.51. The Hall–Kier alpha value is -0.910. The summed E-state index contributed by atoms with van der Waals surface area (Å²) in [7, 11) is 0. The van der Waals surface area contributed by atoms with Crippen molar-refractivity contribution in [2.24, 2.45) is 9.98 Å². The summed E-state index contributed by atoms with van der Waals surface area (Å²) in [6.45, 7) is 3.31. The van der Waals surface area contributed by atoms with Gasteiger partial charge in [0.1, 0.15) is 0 Å². The normalized spacial score (nSPS) is 18.3. The lowest BCUT2D eigenvalue weighted by Gasteiger charge is -2.20. The molecule has 0 aromatic heterocycles. The molecular formula is C12H12Cl2N4S. The largest absolute Gasteiger partial charge is 0.354 e. The second-order valence-electron chi connectivity index (χ2n) is 4.10. The monoisotopic (exact) mass is 314 g/mol. The van der Waals surface area contributed by atoms with Gasteiger partial charge in [0, 0.05) is 13.1 Å². The molecule has 100 valence electrons. The first kappa shape index (κ1) is 13.1. The van der Waals surface area contributed by atoms with E-state index < -0.39 is 0 Å². The average Bonchev–Trinajstić information content (AvgIpc) is 3.04. The van der Waals surface area contributed by atoms with Gasteiger partial charge in [-0.25, -0.2) is 0 Å². The minimum atomic E-state index is 0.647. The molecule has 0 fully saturated rings. The highest BCUT2D eigenvalue weighted by Crippen LogP contribution is 2.36. The second-order valence-corrected chi connectivity index (χ2v) is 5.89. The minimum Gasteiger partial charge on any atom is -0.354 e. The quantitative estimate of drug-likeness (QED) is 0.866. The molecule has 0 atom stereocenters. The number of rotatable bonds is 1. The number of benzene rings is 1. The van der Waals surface area contributed by atoms with Crippen LogP contribution in [0.1, 0.15) is 0 Å². The molecule has 1 aromatic carbocycles. The summed E-state index contributed by atoms with van der Waals surface area (Å²) < 4.78 is 0. The maximum atomic E-state index is 6.19. The molecule has 0 saturated carbocycles. The number of aliphatic imine (C=N–C) groups is 2. The average molecular weight is 315 g/mol. The SMILES string of the molecule is Clc1cccc(Cl)c1SC1=NCCN1C1=NCCN1. The summed E-state index contributed by atoms with van der Waals surface area (Å²) in [4.78, 5) is 11.9. The Morgan fingerprint density at radius 1 is 1.16 bits per heavy atom. The number of hydrogen-bond donors (Lipinski definition) is 1. The van der Waals surface area contributed by atoms with Crippen LogP contribution in [0.2, 0.25) is 10.0 Å². The lowest BCUT2D eigenvalue weighted by atomic mass is 10.4. The molecule has 4 nitrogen and oxygen atoms in total. The summed E-state index contributed by atoms with van der Waals surface area (Å²) >= 11 is 13.9. The molecule has 19 heavy (non-hydrogen) atoms.